The molecule has 0 aliphatic carbocycles. The highest BCUT2D eigenvalue weighted by molar-refractivity contribution is 5.92. The van der Waals surface area contributed by atoms with E-state index >= 15 is 0 Å². The molecule has 0 unspecified atom stereocenters. The lowest BCUT2D eigenvalue weighted by Gasteiger charge is -2.13. The Morgan fingerprint density at radius 1 is 1.40 bits per heavy atom. The second kappa shape index (κ2) is 7.82. The van der Waals surface area contributed by atoms with Crippen molar-refractivity contribution in [3.05, 3.63) is 35.0 Å². The van der Waals surface area contributed by atoms with Crippen molar-refractivity contribution < 1.29 is 24.4 Å². The number of rotatable bonds is 7. The number of nitrogens with zero attached hydrogens (tertiary/aromatic N) is 3. The first-order valence-electron chi connectivity index (χ1n) is 6.10. The predicted molar refractivity (Wildman–Crippen MR) is 68.5 cm³/mol. The number of esters is 1. The van der Waals surface area contributed by atoms with Crippen LogP contribution in [0, 0.1) is 5.21 Å². The van der Waals surface area contributed by atoms with Gasteiger partial charge >= 0.3 is 5.97 Å². The average molecular weight is 283 g/mol. The third kappa shape index (κ3) is 4.30. The first kappa shape index (κ1) is 15.5. The van der Waals surface area contributed by atoms with E-state index in [9.17, 15) is 15.1 Å². The Labute approximate surface area is 116 Å². The van der Waals surface area contributed by atoms with Gasteiger partial charge in [0, 0.05) is 0 Å². The molecule has 1 N–H and O–H groups in total. The van der Waals surface area contributed by atoms with Gasteiger partial charge in [-0.3, -0.25) is 0 Å². The number of phenolic OH excluding ortho intramolecular Hbond substituents is 1. The van der Waals surface area contributed by atoms with Gasteiger partial charge in [0.05, 0.1) is 18.1 Å². The highest BCUT2D eigenvalue weighted by Crippen LogP contribution is 2.16. The van der Waals surface area contributed by atoms with Crippen LogP contribution in [0.25, 0.3) is 0 Å². The van der Waals surface area contributed by atoms with Gasteiger partial charge in [-0.15, -0.1) is 5.01 Å². The maximum absolute atomic E-state index is 11.6. The molecule has 0 aliphatic rings. The number of hydrazine groups is 1. The van der Waals surface area contributed by atoms with E-state index in [4.69, 9.17) is 4.74 Å². The van der Waals surface area contributed by atoms with E-state index in [-0.39, 0.29) is 16.3 Å². The predicted octanol–water partition coefficient (Wildman–Crippen LogP) is 1.66. The molecule has 8 heteroatoms. The first-order valence-corrected chi connectivity index (χ1v) is 6.10. The summed E-state index contributed by atoms with van der Waals surface area (Å²) in [6.45, 7) is 4.02. The fraction of sp³-hybridized carbons (Fsp3) is 0.417. The van der Waals surface area contributed by atoms with Gasteiger partial charge in [-0.1, -0.05) is 12.1 Å². The number of ether oxygens (including phenoxy) is 1. The quantitative estimate of drug-likeness (QED) is 0.204. The summed E-state index contributed by atoms with van der Waals surface area (Å²) >= 11 is 0. The van der Waals surface area contributed by atoms with E-state index in [0.29, 0.717) is 13.1 Å². The van der Waals surface area contributed by atoms with E-state index < -0.39 is 12.8 Å². The minimum Gasteiger partial charge on any atom is -0.569 e. The fourth-order valence-electron chi connectivity index (χ4n) is 1.39. The number of hydrogen-bond acceptors (Lipinski definition) is 6. The molecule has 0 aromatic heterocycles. The summed E-state index contributed by atoms with van der Waals surface area (Å²) in [4.78, 5) is 16.4. The normalized spacial score (nSPS) is 11.0. The molecule has 110 valence electrons. The van der Waals surface area contributed by atoms with Crippen LogP contribution in [0.2, 0.25) is 0 Å². The molecule has 0 saturated carbocycles. The van der Waals surface area contributed by atoms with E-state index in [1.807, 2.05) is 0 Å². The van der Waals surface area contributed by atoms with E-state index in [2.05, 4.69) is 10.1 Å². The molecule has 0 radical (unpaired) electrons. The molecule has 0 amide bonds. The van der Waals surface area contributed by atoms with Crippen molar-refractivity contribution in [3.8, 4) is 5.75 Å². The van der Waals surface area contributed by atoms with Crippen LogP contribution in [-0.2, 0) is 9.57 Å². The van der Waals surface area contributed by atoms with Crippen molar-refractivity contribution in [2.75, 3.05) is 19.9 Å². The zero-order valence-electron chi connectivity index (χ0n) is 11.4. The summed E-state index contributed by atoms with van der Waals surface area (Å²) in [5.41, 5.74) is 0.0128. The zero-order valence-corrected chi connectivity index (χ0v) is 11.4. The van der Waals surface area contributed by atoms with Gasteiger partial charge in [0.15, 0.2) is 0 Å². The Balaban J connectivity index is 2.43. The lowest BCUT2D eigenvalue weighted by Crippen LogP contribution is -2.30. The average Bonchev–Trinajstić information content (AvgIpc) is 2.45. The Morgan fingerprint density at radius 3 is 2.65 bits per heavy atom. The van der Waals surface area contributed by atoms with Crippen molar-refractivity contribution in [2.45, 2.75) is 13.8 Å². The van der Waals surface area contributed by atoms with Crippen LogP contribution in [0.5, 0.6) is 5.75 Å². The standard InChI is InChI=1S/C12H17N3O5/c1-3-14(4-2)15(18)13-20-9-19-12(17)10-7-5-6-8-11(10)16/h5-8,16H,3-4,9H2,1-2H3/b15-13-. The molecule has 8 nitrogen and oxygen atoms in total. The molecular weight excluding hydrogens is 266 g/mol. The van der Waals surface area contributed by atoms with Crippen molar-refractivity contribution in [1.29, 1.82) is 0 Å². The summed E-state index contributed by atoms with van der Waals surface area (Å²) in [7, 11) is 0. The minimum atomic E-state index is -0.765. The van der Waals surface area contributed by atoms with Crippen LogP contribution < -0.4 is 0 Å². The van der Waals surface area contributed by atoms with E-state index in [1.54, 1.807) is 26.0 Å². The molecule has 1 aromatic carbocycles. The van der Waals surface area contributed by atoms with Gasteiger partial charge in [-0.2, -0.15) is 0 Å². The number of carbonyl (C=O) groups excluding carboxylic acids is 1. The third-order valence-corrected chi connectivity index (χ3v) is 2.47. The zero-order chi connectivity index (χ0) is 15.0. The van der Waals surface area contributed by atoms with Gasteiger partial charge < -0.3 is 19.9 Å². The number of phenols is 1. The molecular formula is C12H17N3O5. The number of hydrogen-bond donors (Lipinski definition) is 1. The molecule has 0 bridgehead atoms. The highest BCUT2D eigenvalue weighted by atomic mass is 16.8. The second-order valence-electron chi connectivity index (χ2n) is 3.67. The van der Waals surface area contributed by atoms with Crippen LogP contribution in [0.3, 0.4) is 0 Å². The molecule has 0 aliphatic heterocycles. The topological polar surface area (TPSA) is 97.4 Å². The van der Waals surface area contributed by atoms with Crippen molar-refractivity contribution in [3.63, 3.8) is 0 Å². The summed E-state index contributed by atoms with van der Waals surface area (Å²) in [5.74, 6) is -0.957. The van der Waals surface area contributed by atoms with E-state index in [0.717, 1.165) is 0 Å². The molecule has 0 spiro atoms. The molecule has 1 rings (SSSR count). The second-order valence-corrected chi connectivity index (χ2v) is 3.67. The summed E-state index contributed by atoms with van der Waals surface area (Å²) in [6.07, 6.45) is 0. The maximum Gasteiger partial charge on any atom is 0.344 e. The Bertz CT molecular complexity index is 474. The number of para-hydroxylation sites is 1. The van der Waals surface area contributed by atoms with Crippen LogP contribution >= 0.6 is 0 Å². The lowest BCUT2D eigenvalue weighted by molar-refractivity contribution is -0.710. The largest absolute Gasteiger partial charge is 0.569 e. The molecule has 1 aromatic rings. The maximum atomic E-state index is 11.6. The fourth-order valence-corrected chi connectivity index (χ4v) is 1.39. The minimum absolute atomic E-state index is 0.0128. The van der Waals surface area contributed by atoms with E-state index in [1.165, 1.54) is 17.1 Å². The Hall–Kier alpha value is -2.51. The highest BCUT2D eigenvalue weighted by Gasteiger charge is 2.12. The summed E-state index contributed by atoms with van der Waals surface area (Å²) in [5, 5.41) is 25.4. The Kier molecular flexibility index (Phi) is 6.08. The van der Waals surface area contributed by atoms with Crippen LogP contribution in [-0.4, -0.2) is 40.9 Å². The van der Waals surface area contributed by atoms with Crippen molar-refractivity contribution in [1.82, 2.24) is 5.01 Å². The number of benzene rings is 1. The Morgan fingerprint density at radius 2 is 2.05 bits per heavy atom. The SMILES string of the molecule is CCN(CC)/[N+]([O-])=N/OCOC(=O)c1ccccc1O. The third-order valence-electron chi connectivity index (χ3n) is 2.47. The van der Waals surface area contributed by atoms with Crippen LogP contribution in [0.4, 0.5) is 0 Å². The molecule has 0 saturated heterocycles. The van der Waals surface area contributed by atoms with Crippen molar-refractivity contribution in [2.24, 2.45) is 5.28 Å². The van der Waals surface area contributed by atoms with Crippen molar-refractivity contribution >= 4 is 5.97 Å². The van der Waals surface area contributed by atoms with Gasteiger partial charge in [-0.05, 0) is 26.0 Å². The monoisotopic (exact) mass is 283 g/mol. The van der Waals surface area contributed by atoms with Gasteiger partial charge in [-0.25, -0.2) is 4.79 Å². The molecule has 20 heavy (non-hydrogen) atoms. The van der Waals surface area contributed by atoms with Gasteiger partial charge in [0.1, 0.15) is 11.3 Å². The lowest BCUT2D eigenvalue weighted by atomic mass is 10.2. The van der Waals surface area contributed by atoms with Crippen LogP contribution in [0.1, 0.15) is 24.2 Å². The number of carbonyl (C=O) groups is 1. The number of aromatic hydroxyl groups is 1. The summed E-state index contributed by atoms with van der Waals surface area (Å²) < 4.78 is 4.71. The molecule has 0 heterocycles. The van der Waals surface area contributed by atoms with Crippen LogP contribution in [0.15, 0.2) is 29.5 Å². The molecule has 0 fully saturated rings. The van der Waals surface area contributed by atoms with Gasteiger partial charge in [0.25, 0.3) is 6.79 Å². The smallest absolute Gasteiger partial charge is 0.344 e. The van der Waals surface area contributed by atoms with Gasteiger partial charge in [0.2, 0.25) is 5.28 Å². The summed E-state index contributed by atoms with van der Waals surface area (Å²) in [6, 6.07) is 5.94. The molecule has 0 atom stereocenters. The first-order chi connectivity index (χ1) is 9.60.